The van der Waals surface area contributed by atoms with Crippen LogP contribution in [0.2, 0.25) is 0 Å². The minimum atomic E-state index is -0.609. The van der Waals surface area contributed by atoms with Crippen LogP contribution in [0.25, 0.3) is 0 Å². The van der Waals surface area contributed by atoms with Crippen LogP contribution in [-0.2, 0) is 38.0 Å². The fourth-order valence-electron chi connectivity index (χ4n) is 5.78. The van der Waals surface area contributed by atoms with Crippen molar-refractivity contribution in [2.45, 2.75) is 167 Å². The summed E-state index contributed by atoms with van der Waals surface area (Å²) >= 11 is 0. The Hall–Kier alpha value is -0.810. The van der Waals surface area contributed by atoms with E-state index in [2.05, 4.69) is 6.92 Å². The molecule has 0 bridgehead atoms. The van der Waals surface area contributed by atoms with Crippen molar-refractivity contribution < 1.29 is 43.1 Å². The minimum absolute atomic E-state index is 0.0206. The summed E-state index contributed by atoms with van der Waals surface area (Å²) in [6.45, 7) is 11.3. The highest BCUT2D eigenvalue weighted by Crippen LogP contribution is 2.32. The molecule has 0 aromatic rings. The third-order valence-electron chi connectivity index (χ3n) is 7.25. The lowest BCUT2D eigenvalue weighted by molar-refractivity contribution is -0.276. The summed E-state index contributed by atoms with van der Waals surface area (Å²) < 4.78 is 41.4. The molecule has 3 saturated heterocycles. The van der Waals surface area contributed by atoms with Gasteiger partial charge in [-0.05, 0) is 40.0 Å². The summed E-state index contributed by atoms with van der Waals surface area (Å²) in [5.41, 5.74) is 0. The Bertz CT molecular complexity index is 661. The Balaban J connectivity index is 1.49. The zero-order chi connectivity index (χ0) is 26.2. The maximum absolute atomic E-state index is 11.3. The standard InChI is InChI=1S/C27H48O9/c1-7-21(30-16(3)28)9-20(29)10-23-12-25(34-18(5)32-23)14-27-15-26(35-19(6)36-27)13-24-11-22(8-2)31-17(4)33-24/h17-27,29H,7-15H2,1-6H3. The van der Waals surface area contributed by atoms with Crippen molar-refractivity contribution in [3.63, 3.8) is 0 Å². The fraction of sp³-hybridized carbons (Fsp3) is 0.963. The van der Waals surface area contributed by atoms with E-state index in [1.807, 2.05) is 27.7 Å². The first-order valence-corrected chi connectivity index (χ1v) is 13.9. The van der Waals surface area contributed by atoms with Gasteiger partial charge >= 0.3 is 5.97 Å². The summed E-state index contributed by atoms with van der Waals surface area (Å²) in [6.07, 6.45) is 5.06. The topological polar surface area (TPSA) is 102 Å². The van der Waals surface area contributed by atoms with Crippen LogP contribution >= 0.6 is 0 Å². The van der Waals surface area contributed by atoms with E-state index in [1.54, 1.807) is 0 Å². The number of esters is 1. The van der Waals surface area contributed by atoms with Crippen LogP contribution in [-0.4, -0.2) is 78.8 Å². The molecule has 11 atom stereocenters. The van der Waals surface area contributed by atoms with Crippen molar-refractivity contribution in [2.75, 3.05) is 0 Å². The van der Waals surface area contributed by atoms with Gasteiger partial charge in [0, 0.05) is 45.4 Å². The first-order chi connectivity index (χ1) is 17.1. The van der Waals surface area contributed by atoms with Gasteiger partial charge in [0.1, 0.15) is 6.10 Å². The first kappa shape index (κ1) is 29.7. The lowest BCUT2D eigenvalue weighted by Gasteiger charge is -2.41. The van der Waals surface area contributed by atoms with E-state index in [0.29, 0.717) is 25.7 Å². The third kappa shape index (κ3) is 9.82. The Morgan fingerprint density at radius 3 is 1.64 bits per heavy atom. The fourth-order valence-corrected chi connectivity index (χ4v) is 5.78. The van der Waals surface area contributed by atoms with Crippen LogP contribution < -0.4 is 0 Å². The number of carbonyl (C=O) groups is 1. The van der Waals surface area contributed by atoms with Gasteiger partial charge in [-0.25, -0.2) is 0 Å². The van der Waals surface area contributed by atoms with Crippen LogP contribution in [0.3, 0.4) is 0 Å². The van der Waals surface area contributed by atoms with E-state index in [9.17, 15) is 9.90 Å². The maximum Gasteiger partial charge on any atom is 0.302 e. The molecule has 0 saturated carbocycles. The molecule has 0 aromatic heterocycles. The van der Waals surface area contributed by atoms with Gasteiger partial charge in [-0.3, -0.25) is 4.79 Å². The van der Waals surface area contributed by atoms with Crippen LogP contribution in [0.4, 0.5) is 0 Å². The second kappa shape index (κ2) is 14.4. The Morgan fingerprint density at radius 1 is 0.778 bits per heavy atom. The highest BCUT2D eigenvalue weighted by Gasteiger charge is 2.37. The monoisotopic (exact) mass is 516 g/mol. The molecule has 0 aliphatic carbocycles. The predicted octanol–water partition coefficient (Wildman–Crippen LogP) is 4.22. The van der Waals surface area contributed by atoms with Gasteiger partial charge in [-0.2, -0.15) is 0 Å². The Morgan fingerprint density at radius 2 is 1.19 bits per heavy atom. The van der Waals surface area contributed by atoms with E-state index >= 15 is 0 Å². The summed E-state index contributed by atoms with van der Waals surface area (Å²) in [7, 11) is 0. The van der Waals surface area contributed by atoms with Crippen LogP contribution in [0.15, 0.2) is 0 Å². The molecule has 3 aliphatic rings. The number of ether oxygens (including phenoxy) is 7. The number of hydrogen-bond donors (Lipinski definition) is 1. The van der Waals surface area contributed by atoms with Crippen LogP contribution in [0.5, 0.6) is 0 Å². The largest absolute Gasteiger partial charge is 0.462 e. The van der Waals surface area contributed by atoms with E-state index in [4.69, 9.17) is 33.2 Å². The predicted molar refractivity (Wildman–Crippen MR) is 132 cm³/mol. The smallest absolute Gasteiger partial charge is 0.302 e. The van der Waals surface area contributed by atoms with E-state index < -0.39 is 6.10 Å². The van der Waals surface area contributed by atoms with Gasteiger partial charge in [0.25, 0.3) is 0 Å². The SMILES string of the molecule is CCC(CC(O)CC1CC(CC2CC(CC3CC(CC)OC(C)O3)OC(C)O2)OC(C)O1)OC(C)=O. The summed E-state index contributed by atoms with van der Waals surface area (Å²) in [4.78, 5) is 11.3. The number of rotatable bonds is 11. The second-order valence-electron chi connectivity index (χ2n) is 10.6. The molecular weight excluding hydrogens is 468 g/mol. The normalized spacial score (nSPS) is 39.4. The van der Waals surface area contributed by atoms with Gasteiger partial charge < -0.3 is 38.3 Å². The van der Waals surface area contributed by atoms with Crippen LogP contribution in [0.1, 0.15) is 99.3 Å². The molecule has 36 heavy (non-hydrogen) atoms. The van der Waals surface area contributed by atoms with E-state index in [0.717, 1.165) is 32.1 Å². The molecule has 3 aliphatic heterocycles. The lowest BCUT2D eigenvalue weighted by Crippen LogP contribution is -2.45. The number of hydrogen-bond acceptors (Lipinski definition) is 9. The molecule has 0 radical (unpaired) electrons. The lowest BCUT2D eigenvalue weighted by atomic mass is 9.93. The molecule has 3 heterocycles. The summed E-state index contributed by atoms with van der Waals surface area (Å²) in [5.74, 6) is -0.322. The van der Waals surface area contributed by atoms with Crippen molar-refractivity contribution in [3.8, 4) is 0 Å². The zero-order valence-electron chi connectivity index (χ0n) is 22.9. The van der Waals surface area contributed by atoms with Crippen molar-refractivity contribution in [1.82, 2.24) is 0 Å². The molecule has 3 fully saturated rings. The highest BCUT2D eigenvalue weighted by atomic mass is 16.7. The molecule has 3 rings (SSSR count). The molecule has 9 nitrogen and oxygen atoms in total. The quantitative estimate of drug-likeness (QED) is 0.404. The molecule has 0 aromatic carbocycles. The molecule has 11 unspecified atom stereocenters. The Kier molecular flexibility index (Phi) is 11.9. The number of aliphatic hydroxyl groups is 1. The average molecular weight is 517 g/mol. The third-order valence-corrected chi connectivity index (χ3v) is 7.25. The van der Waals surface area contributed by atoms with Gasteiger partial charge in [0.05, 0.1) is 42.7 Å². The maximum atomic E-state index is 11.3. The number of aliphatic hydroxyl groups excluding tert-OH is 1. The highest BCUT2D eigenvalue weighted by molar-refractivity contribution is 5.66. The summed E-state index contributed by atoms with van der Waals surface area (Å²) in [6, 6.07) is 0. The Labute approximate surface area is 216 Å². The van der Waals surface area contributed by atoms with Crippen LogP contribution in [0, 0.1) is 0 Å². The number of carbonyl (C=O) groups excluding carboxylic acids is 1. The molecule has 1 N–H and O–H groups in total. The zero-order valence-corrected chi connectivity index (χ0v) is 22.9. The first-order valence-electron chi connectivity index (χ1n) is 13.9. The van der Waals surface area contributed by atoms with Crippen molar-refractivity contribution in [2.24, 2.45) is 0 Å². The van der Waals surface area contributed by atoms with Crippen molar-refractivity contribution in [3.05, 3.63) is 0 Å². The van der Waals surface area contributed by atoms with Gasteiger partial charge in [-0.1, -0.05) is 13.8 Å². The average Bonchev–Trinajstić information content (AvgIpc) is 2.76. The van der Waals surface area contributed by atoms with Crippen molar-refractivity contribution in [1.29, 1.82) is 0 Å². The molecular formula is C27H48O9. The molecule has 0 amide bonds. The van der Waals surface area contributed by atoms with Gasteiger partial charge in [0.2, 0.25) is 0 Å². The molecule has 210 valence electrons. The van der Waals surface area contributed by atoms with Gasteiger partial charge in [-0.15, -0.1) is 0 Å². The second-order valence-corrected chi connectivity index (χ2v) is 10.6. The van der Waals surface area contributed by atoms with Crippen molar-refractivity contribution >= 4 is 5.97 Å². The summed E-state index contributed by atoms with van der Waals surface area (Å²) in [5, 5.41) is 10.6. The van der Waals surface area contributed by atoms with Gasteiger partial charge in [0.15, 0.2) is 18.9 Å². The molecule has 0 spiro atoms. The van der Waals surface area contributed by atoms with E-state index in [-0.39, 0.29) is 67.6 Å². The van der Waals surface area contributed by atoms with E-state index in [1.165, 1.54) is 6.92 Å². The minimum Gasteiger partial charge on any atom is -0.462 e. The molecule has 9 heteroatoms.